The van der Waals surface area contributed by atoms with Crippen molar-refractivity contribution in [3.63, 3.8) is 0 Å². The standard InChI is InChI=1S/C16H26N2/c1-13(2)17-8-10-18(11-9-17)15(4)16-7-5-6-14(3)12-16/h5-7,12-13,15H,8-11H2,1-4H3. The number of nitrogens with zero attached hydrogens (tertiary/aromatic N) is 2. The minimum absolute atomic E-state index is 0.541. The number of rotatable bonds is 3. The third-order valence-electron chi connectivity index (χ3n) is 4.15. The highest BCUT2D eigenvalue weighted by molar-refractivity contribution is 5.24. The third kappa shape index (κ3) is 3.12. The molecule has 0 aromatic heterocycles. The zero-order valence-corrected chi connectivity index (χ0v) is 12.2. The van der Waals surface area contributed by atoms with Crippen molar-refractivity contribution >= 4 is 0 Å². The van der Waals surface area contributed by atoms with E-state index in [1.807, 2.05) is 0 Å². The van der Waals surface area contributed by atoms with E-state index in [1.165, 1.54) is 37.3 Å². The molecule has 2 heteroatoms. The lowest BCUT2D eigenvalue weighted by molar-refractivity contribution is 0.0833. The van der Waals surface area contributed by atoms with E-state index in [0.717, 1.165) is 0 Å². The summed E-state index contributed by atoms with van der Waals surface area (Å²) in [4.78, 5) is 5.17. The molecule has 0 N–H and O–H groups in total. The smallest absolute Gasteiger partial charge is 0.0321 e. The van der Waals surface area contributed by atoms with E-state index < -0.39 is 0 Å². The Kier molecular flexibility index (Phi) is 4.41. The van der Waals surface area contributed by atoms with Crippen LogP contribution in [0.1, 0.15) is 37.9 Å². The Bertz CT molecular complexity index is 378. The molecular weight excluding hydrogens is 220 g/mol. The fraction of sp³-hybridized carbons (Fsp3) is 0.625. The van der Waals surface area contributed by atoms with E-state index in [1.54, 1.807) is 0 Å². The predicted octanol–water partition coefficient (Wildman–Crippen LogP) is 3.08. The molecule has 0 radical (unpaired) electrons. The van der Waals surface area contributed by atoms with Gasteiger partial charge in [-0.2, -0.15) is 0 Å². The van der Waals surface area contributed by atoms with Crippen LogP contribution in [0.15, 0.2) is 24.3 Å². The van der Waals surface area contributed by atoms with Crippen LogP contribution in [0.5, 0.6) is 0 Å². The molecule has 1 aromatic carbocycles. The summed E-state index contributed by atoms with van der Waals surface area (Å²) in [5.41, 5.74) is 2.81. The highest BCUT2D eigenvalue weighted by Crippen LogP contribution is 2.22. The van der Waals surface area contributed by atoms with Crippen LogP contribution < -0.4 is 0 Å². The van der Waals surface area contributed by atoms with E-state index in [-0.39, 0.29) is 0 Å². The largest absolute Gasteiger partial charge is 0.298 e. The fourth-order valence-electron chi connectivity index (χ4n) is 2.78. The van der Waals surface area contributed by atoms with Crippen LogP contribution in [0.2, 0.25) is 0 Å². The van der Waals surface area contributed by atoms with Crippen molar-refractivity contribution in [2.75, 3.05) is 26.2 Å². The van der Waals surface area contributed by atoms with Gasteiger partial charge in [0.15, 0.2) is 0 Å². The first-order chi connectivity index (χ1) is 8.58. The average Bonchev–Trinajstić information content (AvgIpc) is 2.38. The van der Waals surface area contributed by atoms with Gasteiger partial charge in [-0.05, 0) is 33.3 Å². The van der Waals surface area contributed by atoms with Gasteiger partial charge in [0.1, 0.15) is 0 Å². The molecule has 1 fully saturated rings. The Labute approximate surface area is 112 Å². The molecule has 0 amide bonds. The van der Waals surface area contributed by atoms with Gasteiger partial charge in [0, 0.05) is 38.3 Å². The first-order valence-electron chi connectivity index (χ1n) is 7.12. The third-order valence-corrected chi connectivity index (χ3v) is 4.15. The lowest BCUT2D eigenvalue weighted by atomic mass is 10.0. The van der Waals surface area contributed by atoms with E-state index in [0.29, 0.717) is 12.1 Å². The molecule has 1 aliphatic rings. The molecule has 0 spiro atoms. The lowest BCUT2D eigenvalue weighted by Gasteiger charge is -2.40. The van der Waals surface area contributed by atoms with Crippen LogP contribution in [-0.2, 0) is 0 Å². The van der Waals surface area contributed by atoms with Crippen LogP contribution >= 0.6 is 0 Å². The highest BCUT2D eigenvalue weighted by atomic mass is 15.3. The topological polar surface area (TPSA) is 6.48 Å². The molecule has 2 nitrogen and oxygen atoms in total. The van der Waals surface area contributed by atoms with Crippen molar-refractivity contribution in [3.05, 3.63) is 35.4 Å². The van der Waals surface area contributed by atoms with Crippen molar-refractivity contribution in [2.45, 2.75) is 39.8 Å². The van der Waals surface area contributed by atoms with Crippen molar-refractivity contribution < 1.29 is 0 Å². The number of aryl methyl sites for hydroxylation is 1. The second-order valence-electron chi connectivity index (χ2n) is 5.76. The quantitative estimate of drug-likeness (QED) is 0.808. The minimum Gasteiger partial charge on any atom is -0.298 e. The summed E-state index contributed by atoms with van der Waals surface area (Å²) in [5.74, 6) is 0. The van der Waals surface area contributed by atoms with Crippen LogP contribution in [0.3, 0.4) is 0 Å². The van der Waals surface area contributed by atoms with E-state index in [9.17, 15) is 0 Å². The summed E-state index contributed by atoms with van der Waals surface area (Å²) in [7, 11) is 0. The van der Waals surface area contributed by atoms with Crippen LogP contribution in [0.25, 0.3) is 0 Å². The van der Waals surface area contributed by atoms with Crippen molar-refractivity contribution in [2.24, 2.45) is 0 Å². The molecule has 1 aliphatic heterocycles. The molecule has 0 saturated carbocycles. The second kappa shape index (κ2) is 5.85. The van der Waals surface area contributed by atoms with Gasteiger partial charge in [0.25, 0.3) is 0 Å². The van der Waals surface area contributed by atoms with Gasteiger partial charge in [0.2, 0.25) is 0 Å². The van der Waals surface area contributed by atoms with Crippen LogP contribution in [-0.4, -0.2) is 42.0 Å². The summed E-state index contributed by atoms with van der Waals surface area (Å²) in [6.07, 6.45) is 0. The van der Waals surface area contributed by atoms with Crippen molar-refractivity contribution in [1.82, 2.24) is 9.80 Å². The first-order valence-corrected chi connectivity index (χ1v) is 7.12. The summed E-state index contributed by atoms with van der Waals surface area (Å²) in [5, 5.41) is 0. The molecule has 1 aromatic rings. The van der Waals surface area contributed by atoms with Gasteiger partial charge >= 0.3 is 0 Å². The van der Waals surface area contributed by atoms with Gasteiger partial charge in [-0.1, -0.05) is 29.8 Å². The van der Waals surface area contributed by atoms with Gasteiger partial charge in [0.05, 0.1) is 0 Å². The fourth-order valence-corrected chi connectivity index (χ4v) is 2.78. The molecule has 1 heterocycles. The molecule has 1 atom stereocenters. The summed E-state index contributed by atoms with van der Waals surface area (Å²) < 4.78 is 0. The molecule has 2 rings (SSSR count). The van der Waals surface area contributed by atoms with E-state index in [4.69, 9.17) is 0 Å². The zero-order valence-electron chi connectivity index (χ0n) is 12.2. The molecular formula is C16H26N2. The summed E-state index contributed by atoms with van der Waals surface area (Å²) in [6.45, 7) is 13.9. The Morgan fingerprint density at radius 2 is 1.56 bits per heavy atom. The Morgan fingerprint density at radius 3 is 2.11 bits per heavy atom. The SMILES string of the molecule is Cc1cccc(C(C)N2CCN(C(C)C)CC2)c1. The number of hydrogen-bond donors (Lipinski definition) is 0. The summed E-state index contributed by atoms with van der Waals surface area (Å²) >= 11 is 0. The van der Waals surface area contributed by atoms with Gasteiger partial charge in [-0.3, -0.25) is 9.80 Å². The number of benzene rings is 1. The molecule has 1 unspecified atom stereocenters. The van der Waals surface area contributed by atoms with Crippen molar-refractivity contribution in [3.8, 4) is 0 Å². The maximum atomic E-state index is 2.60. The predicted molar refractivity (Wildman–Crippen MR) is 77.9 cm³/mol. The Balaban J connectivity index is 1.97. The highest BCUT2D eigenvalue weighted by Gasteiger charge is 2.22. The summed E-state index contributed by atoms with van der Waals surface area (Å²) in [6, 6.07) is 10.1. The number of piperazine rings is 1. The maximum Gasteiger partial charge on any atom is 0.0321 e. The van der Waals surface area contributed by atoms with Gasteiger partial charge < -0.3 is 0 Å². The lowest BCUT2D eigenvalue weighted by Crippen LogP contribution is -2.49. The maximum absolute atomic E-state index is 2.60. The van der Waals surface area contributed by atoms with E-state index >= 15 is 0 Å². The van der Waals surface area contributed by atoms with Crippen molar-refractivity contribution in [1.29, 1.82) is 0 Å². The Morgan fingerprint density at radius 1 is 0.944 bits per heavy atom. The number of hydrogen-bond acceptors (Lipinski definition) is 2. The minimum atomic E-state index is 0.541. The average molecular weight is 246 g/mol. The van der Waals surface area contributed by atoms with Crippen LogP contribution in [0, 0.1) is 6.92 Å². The van der Waals surface area contributed by atoms with Crippen LogP contribution in [0.4, 0.5) is 0 Å². The zero-order chi connectivity index (χ0) is 13.1. The molecule has 0 bridgehead atoms. The second-order valence-corrected chi connectivity index (χ2v) is 5.76. The molecule has 0 aliphatic carbocycles. The molecule has 1 saturated heterocycles. The molecule has 100 valence electrons. The normalized spacial score (nSPS) is 20.3. The Hall–Kier alpha value is -0.860. The monoisotopic (exact) mass is 246 g/mol. The molecule has 18 heavy (non-hydrogen) atoms. The van der Waals surface area contributed by atoms with E-state index in [2.05, 4.69) is 61.8 Å². The van der Waals surface area contributed by atoms with Gasteiger partial charge in [-0.15, -0.1) is 0 Å². The first kappa shape index (κ1) is 13.6. The van der Waals surface area contributed by atoms with Gasteiger partial charge in [-0.25, -0.2) is 0 Å².